The van der Waals surface area contributed by atoms with Crippen LogP contribution in [-0.4, -0.2) is 12.6 Å². The Morgan fingerprint density at radius 3 is 2.27 bits per heavy atom. The number of aromatic nitrogens is 3. The predicted molar refractivity (Wildman–Crippen MR) is 262 cm³/mol. The molecule has 0 saturated heterocycles. The van der Waals surface area contributed by atoms with Gasteiger partial charge in [0.25, 0.3) is 0 Å². The molecule has 6 heteroatoms. The first-order valence-electron chi connectivity index (χ1n) is 22.8. The summed E-state index contributed by atoms with van der Waals surface area (Å²) >= 11 is 0. The van der Waals surface area contributed by atoms with Crippen LogP contribution in [0.2, 0.25) is 19.6 Å². The van der Waals surface area contributed by atoms with E-state index in [1.165, 1.54) is 27.3 Å². The Morgan fingerprint density at radius 2 is 1.44 bits per heavy atom. The van der Waals surface area contributed by atoms with Gasteiger partial charge < -0.3 is 4.42 Å². The second-order valence-electron chi connectivity index (χ2n) is 19.1. The molecule has 0 N–H and O–H groups in total. The summed E-state index contributed by atoms with van der Waals surface area (Å²) in [6, 6.07) is 55.6. The van der Waals surface area contributed by atoms with Gasteiger partial charge >= 0.3 is 11.5 Å². The summed E-state index contributed by atoms with van der Waals surface area (Å²) in [5, 5.41) is 7.13. The van der Waals surface area contributed by atoms with Crippen LogP contribution in [0.1, 0.15) is 43.4 Å². The number of rotatable bonds is 4. The minimum atomic E-state index is -2.04. The molecule has 4 nitrogen and oxygen atoms in total. The van der Waals surface area contributed by atoms with E-state index in [1.54, 1.807) is 6.07 Å². The fourth-order valence-electron chi connectivity index (χ4n) is 11.4. The molecule has 13 rings (SSSR count). The monoisotopic (exact) mass is 848 g/mol. The van der Waals surface area contributed by atoms with E-state index in [2.05, 4.69) is 168 Å². The molecule has 1 spiro atoms. The molecule has 3 aromatic heterocycles. The predicted octanol–water partition coefficient (Wildman–Crippen LogP) is 13.5. The zero-order valence-corrected chi connectivity index (χ0v) is 37.7. The molecule has 0 aliphatic carbocycles. The Bertz CT molecular complexity index is 3900. The summed E-state index contributed by atoms with van der Waals surface area (Å²) in [5.74, 6) is 0.0114. The van der Waals surface area contributed by atoms with Crippen LogP contribution in [0, 0.1) is 12.7 Å². The van der Waals surface area contributed by atoms with Crippen LogP contribution in [0.5, 0.6) is 0 Å². The van der Waals surface area contributed by atoms with E-state index in [1.807, 2.05) is 44.2 Å². The first-order chi connectivity index (χ1) is 31.3. The van der Waals surface area contributed by atoms with Crippen LogP contribution >= 0.6 is 0 Å². The normalized spacial score (nSPS) is 15.7. The molecule has 0 amide bonds. The third-order valence-corrected chi connectivity index (χ3v) is 16.2. The molecular formula is C58H46FN3OSi+2. The average Bonchev–Trinajstić information content (AvgIpc) is 4.01. The smallest absolute Gasteiger partial charge is 0.364 e. The molecule has 0 saturated carbocycles. The molecule has 308 valence electrons. The lowest BCUT2D eigenvalue weighted by molar-refractivity contribution is -0.944. The van der Waals surface area contributed by atoms with E-state index in [9.17, 15) is 1.37 Å². The number of para-hydroxylation sites is 2. The largest absolute Gasteiger partial charge is 0.455 e. The molecule has 0 bridgehead atoms. The van der Waals surface area contributed by atoms with Crippen molar-refractivity contribution in [3.05, 3.63) is 192 Å². The highest BCUT2D eigenvalue weighted by Gasteiger charge is 2.67. The summed E-state index contributed by atoms with van der Waals surface area (Å²) in [5.41, 5.74) is 14.0. The Hall–Kier alpha value is -7.15. The molecule has 1 unspecified atom stereocenters. The zero-order valence-electron chi connectivity index (χ0n) is 37.7. The number of imidazole rings is 1. The fraction of sp³-hybridized carbons (Fsp3) is 0.138. The molecule has 5 heterocycles. The van der Waals surface area contributed by atoms with Gasteiger partial charge in [-0.1, -0.05) is 130 Å². The summed E-state index contributed by atoms with van der Waals surface area (Å²) in [7, 11) is -2.04. The van der Waals surface area contributed by atoms with Gasteiger partial charge in [0.05, 0.1) is 24.8 Å². The second kappa shape index (κ2) is 13.0. The minimum absolute atomic E-state index is 0.224. The van der Waals surface area contributed by atoms with Crippen molar-refractivity contribution in [2.75, 3.05) is 0 Å². The summed E-state index contributed by atoms with van der Waals surface area (Å²) in [4.78, 5) is 0. The van der Waals surface area contributed by atoms with Crippen molar-refractivity contribution in [1.82, 2.24) is 4.57 Å². The van der Waals surface area contributed by atoms with Crippen molar-refractivity contribution in [3.63, 3.8) is 0 Å². The fourth-order valence-corrected chi connectivity index (χ4v) is 13.0. The lowest BCUT2D eigenvalue weighted by Gasteiger charge is -2.25. The Balaban J connectivity index is 1.22. The third-order valence-electron chi connectivity index (χ3n) is 14.1. The first-order valence-corrected chi connectivity index (χ1v) is 25.8. The number of fused-ring (bicyclic) bond motifs is 18. The van der Waals surface area contributed by atoms with E-state index in [4.69, 9.17) is 4.42 Å². The van der Waals surface area contributed by atoms with E-state index < -0.39 is 19.6 Å². The minimum Gasteiger partial charge on any atom is -0.455 e. The molecular weight excluding hydrogens is 802 g/mol. The van der Waals surface area contributed by atoms with E-state index in [0.29, 0.717) is 5.39 Å². The molecule has 1 atom stereocenters. The summed E-state index contributed by atoms with van der Waals surface area (Å²) in [6.07, 6.45) is 2.43. The number of halogens is 1. The van der Waals surface area contributed by atoms with Crippen LogP contribution in [0.3, 0.4) is 0 Å². The van der Waals surface area contributed by atoms with E-state index in [-0.39, 0.29) is 5.82 Å². The van der Waals surface area contributed by atoms with Crippen molar-refractivity contribution >= 4 is 67.8 Å². The van der Waals surface area contributed by atoms with Crippen molar-refractivity contribution in [1.29, 1.82) is 0 Å². The molecule has 2 aliphatic rings. The summed E-state index contributed by atoms with van der Waals surface area (Å²) < 4.78 is 39.5. The Labute approximate surface area is 373 Å². The van der Waals surface area contributed by atoms with E-state index in [0.717, 1.165) is 88.8 Å². The molecule has 0 radical (unpaired) electrons. The van der Waals surface area contributed by atoms with Gasteiger partial charge in [-0.15, -0.1) is 9.13 Å². The number of hydrogen-bond acceptors (Lipinski definition) is 1. The summed E-state index contributed by atoms with van der Waals surface area (Å²) in [6.45, 7) is 13.4. The number of aryl methyl sites for hydroxylation is 1. The quantitative estimate of drug-likeness (QED) is 0.128. The molecule has 0 fully saturated rings. The van der Waals surface area contributed by atoms with Crippen molar-refractivity contribution < 1.29 is 19.3 Å². The van der Waals surface area contributed by atoms with Crippen LogP contribution in [0.25, 0.3) is 94.0 Å². The highest BCUT2D eigenvalue weighted by molar-refractivity contribution is 6.89. The highest BCUT2D eigenvalue weighted by Crippen LogP contribution is 2.53. The molecule has 64 heavy (non-hydrogen) atoms. The van der Waals surface area contributed by atoms with Gasteiger partial charge in [-0.2, -0.15) is 4.57 Å². The number of pyridine rings is 1. The topological polar surface area (TPSA) is 25.8 Å². The standard InChI is InChI=1S/C58H46FN3OSi/c1-34(2)43-32-52-45-30-35(3)22-26-46(45)58(60(52)33-54(43)64(4,5)6)47-27-24-42-44-31-37(38-25-28-48(59)41-18-10-9-17-40(38)41)23-29-53(44)63-56(42)55(47)57-61(50-19-11-12-20-51(50)62(57)58)49-21-13-15-36-14-7-8-16-39(36)49/h7-34H,1-6H3/q+2/i34D. The lowest BCUT2D eigenvalue weighted by atomic mass is 9.88. The highest BCUT2D eigenvalue weighted by atomic mass is 28.3. The second-order valence-corrected chi connectivity index (χ2v) is 24.2. The van der Waals surface area contributed by atoms with Gasteiger partial charge in [0, 0.05) is 34.2 Å². The lowest BCUT2D eigenvalue weighted by Crippen LogP contribution is -2.72. The van der Waals surface area contributed by atoms with Gasteiger partial charge in [-0.25, -0.2) is 4.39 Å². The number of furan rings is 1. The van der Waals surface area contributed by atoms with Crippen molar-refractivity contribution in [2.24, 2.45) is 0 Å². The third kappa shape index (κ3) is 4.81. The van der Waals surface area contributed by atoms with Crippen molar-refractivity contribution in [3.8, 4) is 39.5 Å². The Morgan fingerprint density at radius 1 is 0.688 bits per heavy atom. The number of nitrogens with zero attached hydrogens (tertiary/aromatic N) is 3. The maximum absolute atomic E-state index is 15.1. The zero-order chi connectivity index (χ0) is 44.3. The Kier molecular flexibility index (Phi) is 7.36. The average molecular weight is 849 g/mol. The van der Waals surface area contributed by atoms with Crippen LogP contribution in [-0.2, 0) is 5.66 Å². The van der Waals surface area contributed by atoms with Gasteiger partial charge in [-0.05, 0) is 101 Å². The van der Waals surface area contributed by atoms with Gasteiger partial charge in [-0.3, -0.25) is 0 Å². The maximum atomic E-state index is 15.1. The van der Waals surface area contributed by atoms with E-state index >= 15 is 4.39 Å². The number of benzene rings is 8. The molecule has 8 aromatic carbocycles. The SMILES string of the molecule is [2H]C(C)(C)c1cc2[n+](cc1[Si](C)(C)C)C1(c3ccc(C)cc3-2)c2ccc3c(oc4ccc(-c5ccc(F)c6ccccc56)cc43)c2-c2n(-c3cccc4ccccc34)c3ccccc3[n+]21. The maximum Gasteiger partial charge on any atom is 0.364 e. The van der Waals surface area contributed by atoms with Crippen LogP contribution in [0.4, 0.5) is 4.39 Å². The van der Waals surface area contributed by atoms with Gasteiger partial charge in [0.2, 0.25) is 5.69 Å². The van der Waals surface area contributed by atoms with Crippen LogP contribution < -0.4 is 14.3 Å². The molecule has 11 aromatic rings. The number of hydrogen-bond donors (Lipinski definition) is 0. The first kappa shape index (κ1) is 36.3. The van der Waals surface area contributed by atoms with Crippen molar-refractivity contribution in [2.45, 2.75) is 52.0 Å². The molecule has 2 aliphatic heterocycles. The van der Waals surface area contributed by atoms with Crippen LogP contribution in [0.15, 0.2) is 168 Å². The van der Waals surface area contributed by atoms with Gasteiger partial charge in [0.15, 0.2) is 22.8 Å². The van der Waals surface area contributed by atoms with Gasteiger partial charge in [0.1, 0.15) is 22.7 Å².